The Morgan fingerprint density at radius 2 is 1.73 bits per heavy atom. The number of anilines is 1. The SMILES string of the molecule is CCOc1cc(/C=N\NC(=O)CN(c2ccc(C)c(C)c2)S(C)(=O)=O)ccc1OCc1ccc(Cl)cc1. The average Bonchev–Trinajstić information content (AvgIpc) is 2.84. The van der Waals surface area contributed by atoms with Crippen molar-refractivity contribution in [2.24, 2.45) is 5.10 Å². The molecule has 3 aromatic rings. The van der Waals surface area contributed by atoms with Crippen LogP contribution in [0.2, 0.25) is 5.02 Å². The number of hydrogen-bond donors (Lipinski definition) is 1. The molecule has 8 nitrogen and oxygen atoms in total. The molecule has 37 heavy (non-hydrogen) atoms. The molecule has 1 amide bonds. The van der Waals surface area contributed by atoms with E-state index in [2.05, 4.69) is 10.5 Å². The summed E-state index contributed by atoms with van der Waals surface area (Å²) in [7, 11) is -3.68. The molecular weight excluding hydrogens is 514 g/mol. The summed E-state index contributed by atoms with van der Waals surface area (Å²) in [6.45, 7) is 6.06. The molecule has 3 rings (SSSR count). The van der Waals surface area contributed by atoms with E-state index in [1.807, 2.05) is 39.0 Å². The number of ether oxygens (including phenoxy) is 2. The van der Waals surface area contributed by atoms with Crippen LogP contribution in [-0.2, 0) is 21.4 Å². The van der Waals surface area contributed by atoms with Crippen LogP contribution in [0.25, 0.3) is 0 Å². The molecule has 0 aliphatic carbocycles. The van der Waals surface area contributed by atoms with Crippen LogP contribution in [0.4, 0.5) is 5.69 Å². The number of carbonyl (C=O) groups is 1. The van der Waals surface area contributed by atoms with Crippen molar-refractivity contribution in [3.63, 3.8) is 0 Å². The van der Waals surface area contributed by atoms with Crippen molar-refractivity contribution in [1.29, 1.82) is 0 Å². The Morgan fingerprint density at radius 3 is 2.38 bits per heavy atom. The summed E-state index contributed by atoms with van der Waals surface area (Å²) in [4.78, 5) is 12.5. The molecule has 0 saturated carbocycles. The zero-order valence-corrected chi connectivity index (χ0v) is 22.8. The zero-order valence-electron chi connectivity index (χ0n) is 21.2. The first-order chi connectivity index (χ1) is 17.6. The van der Waals surface area contributed by atoms with Gasteiger partial charge in [-0.25, -0.2) is 13.8 Å². The fourth-order valence-electron chi connectivity index (χ4n) is 3.36. The maximum absolute atomic E-state index is 12.5. The summed E-state index contributed by atoms with van der Waals surface area (Å²) in [6, 6.07) is 17.9. The lowest BCUT2D eigenvalue weighted by molar-refractivity contribution is -0.119. The predicted octanol–water partition coefficient (Wildman–Crippen LogP) is 4.85. The van der Waals surface area contributed by atoms with E-state index in [1.54, 1.807) is 42.5 Å². The van der Waals surface area contributed by atoms with Crippen LogP contribution in [0, 0.1) is 13.8 Å². The average molecular weight is 544 g/mol. The van der Waals surface area contributed by atoms with Crippen molar-refractivity contribution >= 4 is 39.4 Å². The third-order valence-corrected chi connectivity index (χ3v) is 6.84. The number of nitrogens with one attached hydrogen (secondary N) is 1. The number of nitrogens with zero attached hydrogens (tertiary/aromatic N) is 2. The highest BCUT2D eigenvalue weighted by Gasteiger charge is 2.21. The Kier molecular flexibility index (Phi) is 9.54. The lowest BCUT2D eigenvalue weighted by Crippen LogP contribution is -2.39. The molecule has 0 spiro atoms. The van der Waals surface area contributed by atoms with E-state index in [0.717, 1.165) is 27.3 Å². The largest absolute Gasteiger partial charge is 0.490 e. The van der Waals surface area contributed by atoms with Crippen LogP contribution in [0.5, 0.6) is 11.5 Å². The number of aryl methyl sites for hydroxylation is 2. The minimum Gasteiger partial charge on any atom is -0.490 e. The van der Waals surface area contributed by atoms with E-state index >= 15 is 0 Å². The van der Waals surface area contributed by atoms with Crippen LogP contribution in [-0.4, -0.2) is 39.9 Å². The molecule has 3 aromatic carbocycles. The second kappa shape index (κ2) is 12.6. The van der Waals surface area contributed by atoms with Gasteiger partial charge in [-0.05, 0) is 85.5 Å². The minimum atomic E-state index is -3.68. The van der Waals surface area contributed by atoms with Crippen molar-refractivity contribution in [2.75, 3.05) is 23.7 Å². The summed E-state index contributed by atoms with van der Waals surface area (Å²) < 4.78 is 37.3. The summed E-state index contributed by atoms with van der Waals surface area (Å²) in [5.74, 6) is 0.521. The molecule has 0 unspecified atom stereocenters. The first-order valence-corrected chi connectivity index (χ1v) is 13.8. The van der Waals surface area contributed by atoms with Crippen molar-refractivity contribution < 1.29 is 22.7 Å². The molecule has 0 aliphatic heterocycles. The Bertz CT molecular complexity index is 1380. The molecule has 0 atom stereocenters. The number of halogens is 1. The molecule has 1 N–H and O–H groups in total. The molecule has 0 radical (unpaired) electrons. The van der Waals surface area contributed by atoms with Gasteiger partial charge in [-0.15, -0.1) is 0 Å². The normalized spacial score (nSPS) is 11.4. The maximum Gasteiger partial charge on any atom is 0.260 e. The molecule has 10 heteroatoms. The van der Waals surface area contributed by atoms with Gasteiger partial charge >= 0.3 is 0 Å². The van der Waals surface area contributed by atoms with Crippen LogP contribution in [0.1, 0.15) is 29.2 Å². The molecular formula is C27H30ClN3O5S. The van der Waals surface area contributed by atoms with Crippen molar-refractivity contribution in [1.82, 2.24) is 5.43 Å². The van der Waals surface area contributed by atoms with Gasteiger partial charge in [0.1, 0.15) is 13.2 Å². The number of rotatable bonds is 11. The van der Waals surface area contributed by atoms with Gasteiger partial charge in [-0.3, -0.25) is 9.10 Å². The number of hydrazone groups is 1. The molecule has 196 valence electrons. The second-order valence-electron chi connectivity index (χ2n) is 8.39. The fraction of sp³-hybridized carbons (Fsp3) is 0.259. The third-order valence-electron chi connectivity index (χ3n) is 5.44. The van der Waals surface area contributed by atoms with Gasteiger partial charge in [0.25, 0.3) is 5.91 Å². The number of benzene rings is 3. The van der Waals surface area contributed by atoms with Gasteiger partial charge in [0.05, 0.1) is 24.8 Å². The van der Waals surface area contributed by atoms with Crippen LogP contribution >= 0.6 is 11.6 Å². The van der Waals surface area contributed by atoms with Crippen LogP contribution in [0.3, 0.4) is 0 Å². The molecule has 0 heterocycles. The monoisotopic (exact) mass is 543 g/mol. The maximum atomic E-state index is 12.5. The number of hydrogen-bond acceptors (Lipinski definition) is 6. The van der Waals surface area contributed by atoms with E-state index < -0.39 is 22.5 Å². The van der Waals surface area contributed by atoms with Crippen molar-refractivity contribution in [2.45, 2.75) is 27.4 Å². The van der Waals surface area contributed by atoms with Crippen LogP contribution in [0.15, 0.2) is 65.8 Å². The highest BCUT2D eigenvalue weighted by Crippen LogP contribution is 2.29. The molecule has 0 bridgehead atoms. The van der Waals surface area contributed by atoms with Gasteiger partial charge in [0.15, 0.2) is 11.5 Å². The van der Waals surface area contributed by atoms with E-state index in [9.17, 15) is 13.2 Å². The first-order valence-electron chi connectivity index (χ1n) is 11.6. The minimum absolute atomic E-state index is 0.345. The standard InChI is InChI=1S/C27H30ClN3O5S/c1-5-35-26-15-22(9-13-25(26)36-18-21-7-10-23(28)11-8-21)16-29-30-27(32)17-31(37(4,33)34)24-12-6-19(2)20(3)14-24/h6-16H,5,17-18H2,1-4H3,(H,30,32)/b29-16-. The molecule has 0 fully saturated rings. The van der Waals surface area contributed by atoms with E-state index in [0.29, 0.717) is 41.0 Å². The van der Waals surface area contributed by atoms with Gasteiger partial charge in [-0.1, -0.05) is 29.8 Å². The van der Waals surface area contributed by atoms with Gasteiger partial charge in [-0.2, -0.15) is 5.10 Å². The molecule has 0 aliphatic rings. The lowest BCUT2D eigenvalue weighted by atomic mass is 10.1. The number of carbonyl (C=O) groups excluding carboxylic acids is 1. The fourth-order valence-corrected chi connectivity index (χ4v) is 4.33. The summed E-state index contributed by atoms with van der Waals surface area (Å²) in [6.07, 6.45) is 2.51. The van der Waals surface area contributed by atoms with Gasteiger partial charge in [0, 0.05) is 5.02 Å². The number of sulfonamides is 1. The summed E-state index contributed by atoms with van der Waals surface area (Å²) in [5, 5.41) is 4.64. The second-order valence-corrected chi connectivity index (χ2v) is 10.7. The Hall–Kier alpha value is -3.56. The Morgan fingerprint density at radius 1 is 1.00 bits per heavy atom. The molecule has 0 aromatic heterocycles. The number of amides is 1. The lowest BCUT2D eigenvalue weighted by Gasteiger charge is -2.22. The zero-order chi connectivity index (χ0) is 27.0. The van der Waals surface area contributed by atoms with Crippen molar-refractivity contribution in [3.8, 4) is 11.5 Å². The molecule has 0 saturated heterocycles. The van der Waals surface area contributed by atoms with Crippen LogP contribution < -0.4 is 19.2 Å². The van der Waals surface area contributed by atoms with Gasteiger partial charge in [0.2, 0.25) is 10.0 Å². The third kappa shape index (κ3) is 8.23. The quantitative estimate of drug-likeness (QED) is 0.275. The highest BCUT2D eigenvalue weighted by molar-refractivity contribution is 7.92. The smallest absolute Gasteiger partial charge is 0.260 e. The van der Waals surface area contributed by atoms with Crippen molar-refractivity contribution in [3.05, 3.63) is 87.9 Å². The topological polar surface area (TPSA) is 97.3 Å². The Balaban J connectivity index is 1.66. The summed E-state index contributed by atoms with van der Waals surface area (Å²) in [5.41, 5.74) is 6.38. The van der Waals surface area contributed by atoms with Gasteiger partial charge < -0.3 is 9.47 Å². The van der Waals surface area contributed by atoms with E-state index in [-0.39, 0.29) is 0 Å². The Labute approximate surface area is 222 Å². The van der Waals surface area contributed by atoms with E-state index in [4.69, 9.17) is 21.1 Å². The first kappa shape index (κ1) is 28.0. The highest BCUT2D eigenvalue weighted by atomic mass is 35.5. The predicted molar refractivity (Wildman–Crippen MR) is 147 cm³/mol. The summed E-state index contributed by atoms with van der Waals surface area (Å²) >= 11 is 5.93. The van der Waals surface area contributed by atoms with E-state index in [1.165, 1.54) is 6.21 Å².